The van der Waals surface area contributed by atoms with Crippen LogP contribution in [0.15, 0.2) is 30.6 Å². The number of halogens is 2. The molecule has 0 saturated carbocycles. The summed E-state index contributed by atoms with van der Waals surface area (Å²) >= 11 is 6.00. The fourth-order valence-corrected chi connectivity index (χ4v) is 2.23. The van der Waals surface area contributed by atoms with Crippen LogP contribution in [-0.4, -0.2) is 9.78 Å². The minimum Gasteiger partial charge on any atom is -0.324 e. The average molecular weight is 282 g/mol. The second kappa shape index (κ2) is 6.17. The molecule has 19 heavy (non-hydrogen) atoms. The molecule has 0 radical (unpaired) electrons. The lowest BCUT2D eigenvalue weighted by atomic mass is 10.0. The van der Waals surface area contributed by atoms with Gasteiger partial charge in [-0.3, -0.25) is 4.68 Å². The minimum absolute atomic E-state index is 0.306. The molecule has 1 heterocycles. The van der Waals surface area contributed by atoms with Gasteiger partial charge in [0.25, 0.3) is 0 Å². The molecule has 2 N–H and O–H groups in total. The summed E-state index contributed by atoms with van der Waals surface area (Å²) < 4.78 is 15.5. The molecule has 5 heteroatoms. The highest BCUT2D eigenvalue weighted by Gasteiger charge is 2.14. The van der Waals surface area contributed by atoms with Crippen molar-refractivity contribution in [2.75, 3.05) is 0 Å². The summed E-state index contributed by atoms with van der Waals surface area (Å²) in [5.74, 6) is -0.316. The number of benzene rings is 1. The van der Waals surface area contributed by atoms with Gasteiger partial charge in [-0.2, -0.15) is 5.10 Å². The number of hydrogen-bond donors (Lipinski definition) is 1. The third kappa shape index (κ3) is 3.33. The first-order valence-electron chi connectivity index (χ1n) is 6.32. The SMILES string of the molecule is CCCn1cc(C(N)Cc2c(F)cccc2Cl)cn1. The zero-order chi connectivity index (χ0) is 13.8. The Morgan fingerprint density at radius 3 is 2.95 bits per heavy atom. The first-order valence-corrected chi connectivity index (χ1v) is 6.70. The van der Waals surface area contributed by atoms with Crippen LogP contribution < -0.4 is 5.73 Å². The highest BCUT2D eigenvalue weighted by molar-refractivity contribution is 6.31. The van der Waals surface area contributed by atoms with Crippen LogP contribution in [0.2, 0.25) is 5.02 Å². The monoisotopic (exact) mass is 281 g/mol. The average Bonchev–Trinajstić information content (AvgIpc) is 2.83. The number of aromatic nitrogens is 2. The number of rotatable bonds is 5. The summed E-state index contributed by atoms with van der Waals surface area (Å²) in [6.45, 7) is 2.94. The summed E-state index contributed by atoms with van der Waals surface area (Å²) in [5.41, 5.74) is 7.45. The summed E-state index contributed by atoms with van der Waals surface area (Å²) in [4.78, 5) is 0. The number of nitrogens with zero attached hydrogens (tertiary/aromatic N) is 2. The van der Waals surface area contributed by atoms with Crippen molar-refractivity contribution in [2.24, 2.45) is 5.73 Å². The van der Waals surface area contributed by atoms with Gasteiger partial charge in [0.1, 0.15) is 5.82 Å². The Hall–Kier alpha value is -1.39. The fraction of sp³-hybridized carbons (Fsp3) is 0.357. The first-order chi connectivity index (χ1) is 9.11. The Kier molecular flexibility index (Phi) is 4.56. The zero-order valence-electron chi connectivity index (χ0n) is 10.8. The topological polar surface area (TPSA) is 43.8 Å². The Morgan fingerprint density at radius 2 is 2.26 bits per heavy atom. The van der Waals surface area contributed by atoms with E-state index in [4.69, 9.17) is 17.3 Å². The van der Waals surface area contributed by atoms with Gasteiger partial charge < -0.3 is 5.73 Å². The third-order valence-electron chi connectivity index (χ3n) is 3.02. The van der Waals surface area contributed by atoms with Gasteiger partial charge in [0, 0.05) is 34.9 Å². The fourth-order valence-electron chi connectivity index (χ4n) is 1.99. The summed E-state index contributed by atoms with van der Waals surface area (Å²) in [6.07, 6.45) is 5.01. The van der Waals surface area contributed by atoms with E-state index in [1.807, 2.05) is 10.9 Å². The van der Waals surface area contributed by atoms with Gasteiger partial charge >= 0.3 is 0 Å². The minimum atomic E-state index is -0.316. The van der Waals surface area contributed by atoms with Crippen molar-refractivity contribution in [3.8, 4) is 0 Å². The van der Waals surface area contributed by atoms with Crippen molar-refractivity contribution < 1.29 is 4.39 Å². The molecular formula is C14H17ClFN3. The molecule has 102 valence electrons. The lowest BCUT2D eigenvalue weighted by Crippen LogP contribution is -2.14. The molecular weight excluding hydrogens is 265 g/mol. The molecule has 0 amide bonds. The summed E-state index contributed by atoms with van der Waals surface area (Å²) in [6, 6.07) is 4.35. The van der Waals surface area contributed by atoms with E-state index in [1.165, 1.54) is 6.07 Å². The van der Waals surface area contributed by atoms with Crippen LogP contribution in [-0.2, 0) is 13.0 Å². The van der Waals surface area contributed by atoms with Crippen LogP contribution in [0.3, 0.4) is 0 Å². The molecule has 0 fully saturated rings. The van der Waals surface area contributed by atoms with Crippen LogP contribution in [0.4, 0.5) is 4.39 Å². The van der Waals surface area contributed by atoms with E-state index in [2.05, 4.69) is 12.0 Å². The molecule has 1 aromatic carbocycles. The second-order valence-electron chi connectivity index (χ2n) is 4.55. The van der Waals surface area contributed by atoms with Gasteiger partial charge in [0.05, 0.1) is 6.20 Å². The van der Waals surface area contributed by atoms with Gasteiger partial charge in [-0.15, -0.1) is 0 Å². The van der Waals surface area contributed by atoms with Crippen molar-refractivity contribution in [3.05, 3.63) is 52.6 Å². The Bertz CT molecular complexity index is 533. The summed E-state index contributed by atoms with van der Waals surface area (Å²) in [7, 11) is 0. The van der Waals surface area contributed by atoms with Crippen molar-refractivity contribution in [2.45, 2.75) is 32.4 Å². The van der Waals surface area contributed by atoms with E-state index in [1.54, 1.807) is 18.3 Å². The quantitative estimate of drug-likeness (QED) is 0.913. The molecule has 0 aliphatic heterocycles. The van der Waals surface area contributed by atoms with Crippen molar-refractivity contribution in [1.82, 2.24) is 9.78 Å². The molecule has 0 spiro atoms. The van der Waals surface area contributed by atoms with Crippen molar-refractivity contribution >= 4 is 11.6 Å². The van der Waals surface area contributed by atoms with E-state index < -0.39 is 0 Å². The van der Waals surface area contributed by atoms with E-state index in [0.29, 0.717) is 17.0 Å². The largest absolute Gasteiger partial charge is 0.324 e. The molecule has 2 aromatic rings. The standard InChI is InChI=1S/C14H17ClFN3/c1-2-6-19-9-10(8-18-19)14(17)7-11-12(15)4-3-5-13(11)16/h3-5,8-9,14H,2,6-7,17H2,1H3. The molecule has 0 saturated heterocycles. The number of nitrogens with two attached hydrogens (primary N) is 1. The second-order valence-corrected chi connectivity index (χ2v) is 4.95. The van der Waals surface area contributed by atoms with Crippen LogP contribution in [0.25, 0.3) is 0 Å². The van der Waals surface area contributed by atoms with E-state index in [9.17, 15) is 4.39 Å². The van der Waals surface area contributed by atoms with Gasteiger partial charge in [-0.1, -0.05) is 24.6 Å². The Morgan fingerprint density at radius 1 is 1.47 bits per heavy atom. The van der Waals surface area contributed by atoms with Crippen LogP contribution in [0.1, 0.15) is 30.5 Å². The zero-order valence-corrected chi connectivity index (χ0v) is 11.6. The van der Waals surface area contributed by atoms with E-state index in [-0.39, 0.29) is 11.9 Å². The van der Waals surface area contributed by atoms with Crippen molar-refractivity contribution in [3.63, 3.8) is 0 Å². The van der Waals surface area contributed by atoms with E-state index >= 15 is 0 Å². The maximum absolute atomic E-state index is 13.7. The number of aryl methyl sites for hydroxylation is 1. The molecule has 0 aliphatic carbocycles. The molecule has 1 aromatic heterocycles. The summed E-state index contributed by atoms with van der Waals surface area (Å²) in [5, 5.41) is 4.64. The van der Waals surface area contributed by atoms with Gasteiger partial charge in [-0.25, -0.2) is 4.39 Å². The number of hydrogen-bond acceptors (Lipinski definition) is 2. The molecule has 1 atom stereocenters. The lowest BCUT2D eigenvalue weighted by molar-refractivity contribution is 0.590. The smallest absolute Gasteiger partial charge is 0.127 e. The van der Waals surface area contributed by atoms with Gasteiger partial charge in [-0.05, 0) is 25.0 Å². The Balaban J connectivity index is 2.13. The van der Waals surface area contributed by atoms with Crippen molar-refractivity contribution in [1.29, 1.82) is 0 Å². The molecule has 2 rings (SSSR count). The normalized spacial score (nSPS) is 12.6. The maximum atomic E-state index is 13.7. The predicted molar refractivity (Wildman–Crippen MR) is 74.6 cm³/mol. The Labute approximate surface area is 117 Å². The molecule has 0 aliphatic rings. The maximum Gasteiger partial charge on any atom is 0.127 e. The van der Waals surface area contributed by atoms with Gasteiger partial charge in [0.15, 0.2) is 0 Å². The highest BCUT2D eigenvalue weighted by atomic mass is 35.5. The van der Waals surface area contributed by atoms with E-state index in [0.717, 1.165) is 18.5 Å². The molecule has 3 nitrogen and oxygen atoms in total. The van der Waals surface area contributed by atoms with Crippen LogP contribution in [0, 0.1) is 5.82 Å². The first kappa shape index (κ1) is 14.0. The van der Waals surface area contributed by atoms with Crippen LogP contribution >= 0.6 is 11.6 Å². The lowest BCUT2D eigenvalue weighted by Gasteiger charge is -2.11. The third-order valence-corrected chi connectivity index (χ3v) is 3.37. The highest BCUT2D eigenvalue weighted by Crippen LogP contribution is 2.24. The molecule has 0 bridgehead atoms. The molecule has 1 unspecified atom stereocenters. The van der Waals surface area contributed by atoms with Crippen LogP contribution in [0.5, 0.6) is 0 Å². The van der Waals surface area contributed by atoms with Gasteiger partial charge in [0.2, 0.25) is 0 Å². The predicted octanol–water partition coefficient (Wildman–Crippen LogP) is 3.33.